The average Bonchev–Trinajstić information content (AvgIpc) is 2.36. The van der Waals surface area contributed by atoms with Gasteiger partial charge in [0.05, 0.1) is 5.69 Å². The maximum Gasteiger partial charge on any atom is 0.261 e. The Labute approximate surface area is 102 Å². The number of halogens is 2. The van der Waals surface area contributed by atoms with E-state index in [4.69, 9.17) is 5.73 Å². The van der Waals surface area contributed by atoms with Gasteiger partial charge < -0.3 is 11.1 Å². The van der Waals surface area contributed by atoms with Crippen LogP contribution in [0.25, 0.3) is 0 Å². The molecule has 1 amide bonds. The summed E-state index contributed by atoms with van der Waals surface area (Å²) >= 11 is 0. The molecule has 0 saturated heterocycles. The minimum atomic E-state index is -1.05. The zero-order valence-corrected chi connectivity index (χ0v) is 9.28. The molecule has 18 heavy (non-hydrogen) atoms. The van der Waals surface area contributed by atoms with E-state index >= 15 is 0 Å². The molecule has 0 unspecified atom stereocenters. The fourth-order valence-electron chi connectivity index (χ4n) is 1.49. The number of nitrogens with one attached hydrogen (secondary N) is 1. The fraction of sp³-hybridized carbons (Fsp3) is 0. The van der Waals surface area contributed by atoms with Gasteiger partial charge in [0, 0.05) is 5.69 Å². The Bertz CT molecular complexity index is 585. The Morgan fingerprint density at radius 2 is 1.72 bits per heavy atom. The van der Waals surface area contributed by atoms with Gasteiger partial charge in [-0.1, -0.05) is 18.2 Å². The minimum absolute atomic E-state index is 0.269. The molecule has 0 saturated carbocycles. The highest BCUT2D eigenvalue weighted by molar-refractivity contribution is 6.05. The van der Waals surface area contributed by atoms with Crippen LogP contribution in [0.2, 0.25) is 0 Å². The van der Waals surface area contributed by atoms with Gasteiger partial charge >= 0.3 is 0 Å². The molecule has 92 valence electrons. The summed E-state index contributed by atoms with van der Waals surface area (Å²) in [5, 5.41) is 2.39. The number of nitrogens with two attached hydrogens (primary N) is 1. The third kappa shape index (κ3) is 2.29. The maximum atomic E-state index is 13.6. The predicted molar refractivity (Wildman–Crippen MR) is 65.2 cm³/mol. The lowest BCUT2D eigenvalue weighted by Crippen LogP contribution is -2.16. The molecule has 0 aliphatic carbocycles. The van der Waals surface area contributed by atoms with Crippen LogP contribution in [0.3, 0.4) is 0 Å². The molecule has 2 rings (SSSR count). The van der Waals surface area contributed by atoms with Gasteiger partial charge in [-0.15, -0.1) is 0 Å². The summed E-state index contributed by atoms with van der Waals surface area (Å²) in [5.41, 5.74) is 4.80. The van der Waals surface area contributed by atoms with Gasteiger partial charge in [-0.2, -0.15) is 0 Å². The number of benzene rings is 2. The number of hydrogen-bond acceptors (Lipinski definition) is 2. The van der Waals surface area contributed by atoms with Crippen molar-refractivity contribution in [3.63, 3.8) is 0 Å². The molecule has 5 heteroatoms. The number of carbonyl (C=O) groups excluding carboxylic acids is 1. The molecule has 3 N–H and O–H groups in total. The first-order valence-electron chi connectivity index (χ1n) is 5.19. The summed E-state index contributed by atoms with van der Waals surface area (Å²) in [7, 11) is 0. The van der Waals surface area contributed by atoms with E-state index < -0.39 is 23.1 Å². The molecular weight excluding hydrogens is 238 g/mol. The maximum absolute atomic E-state index is 13.6. The van der Waals surface area contributed by atoms with Crippen molar-refractivity contribution in [3.8, 4) is 0 Å². The van der Waals surface area contributed by atoms with E-state index in [1.54, 1.807) is 30.3 Å². The monoisotopic (exact) mass is 248 g/mol. The number of carbonyl (C=O) groups is 1. The lowest BCUT2D eigenvalue weighted by Gasteiger charge is -2.08. The van der Waals surface area contributed by atoms with Crippen LogP contribution in [-0.4, -0.2) is 5.91 Å². The first-order valence-corrected chi connectivity index (χ1v) is 5.19. The molecule has 0 atom stereocenters. The average molecular weight is 248 g/mol. The number of para-hydroxylation sites is 1. The van der Waals surface area contributed by atoms with Crippen LogP contribution in [0.15, 0.2) is 42.5 Å². The molecule has 3 nitrogen and oxygen atoms in total. The normalized spacial score (nSPS) is 10.1. The quantitative estimate of drug-likeness (QED) is 0.803. The summed E-state index contributed by atoms with van der Waals surface area (Å²) in [6.45, 7) is 0. The Morgan fingerprint density at radius 3 is 2.39 bits per heavy atom. The van der Waals surface area contributed by atoms with Crippen LogP contribution >= 0.6 is 0 Å². The second-order valence-electron chi connectivity index (χ2n) is 3.65. The topological polar surface area (TPSA) is 55.1 Å². The summed E-state index contributed by atoms with van der Waals surface area (Å²) in [4.78, 5) is 11.8. The Morgan fingerprint density at radius 1 is 1.06 bits per heavy atom. The number of anilines is 2. The highest BCUT2D eigenvalue weighted by atomic mass is 19.1. The van der Waals surface area contributed by atoms with E-state index in [1.165, 1.54) is 0 Å². The first kappa shape index (κ1) is 12.0. The van der Waals surface area contributed by atoms with Gasteiger partial charge in [-0.3, -0.25) is 4.79 Å². The third-order valence-electron chi connectivity index (χ3n) is 2.38. The SMILES string of the molecule is Nc1ccc(F)c(C(=O)Nc2ccccc2)c1F. The molecule has 0 aliphatic heterocycles. The van der Waals surface area contributed by atoms with Gasteiger partial charge in [-0.25, -0.2) is 8.78 Å². The second kappa shape index (κ2) is 4.83. The Balaban J connectivity index is 2.33. The van der Waals surface area contributed by atoms with Crippen molar-refractivity contribution in [3.05, 3.63) is 59.7 Å². The minimum Gasteiger partial charge on any atom is -0.396 e. The van der Waals surface area contributed by atoms with E-state index in [2.05, 4.69) is 5.32 Å². The molecule has 0 bridgehead atoms. The van der Waals surface area contributed by atoms with Crippen molar-refractivity contribution in [2.75, 3.05) is 11.1 Å². The van der Waals surface area contributed by atoms with Gasteiger partial charge in [0.25, 0.3) is 5.91 Å². The number of hydrogen-bond donors (Lipinski definition) is 2. The Hall–Kier alpha value is -2.43. The summed E-state index contributed by atoms with van der Waals surface area (Å²) < 4.78 is 27.0. The van der Waals surface area contributed by atoms with Gasteiger partial charge in [0.2, 0.25) is 0 Å². The van der Waals surface area contributed by atoms with E-state index in [1.807, 2.05) is 0 Å². The smallest absolute Gasteiger partial charge is 0.261 e. The van der Waals surface area contributed by atoms with Crippen LogP contribution in [0.1, 0.15) is 10.4 Å². The third-order valence-corrected chi connectivity index (χ3v) is 2.38. The largest absolute Gasteiger partial charge is 0.396 e. The predicted octanol–water partition coefficient (Wildman–Crippen LogP) is 2.80. The van der Waals surface area contributed by atoms with E-state index in [9.17, 15) is 13.6 Å². The van der Waals surface area contributed by atoms with Crippen LogP contribution in [0, 0.1) is 11.6 Å². The van der Waals surface area contributed by atoms with Crippen molar-refractivity contribution in [2.45, 2.75) is 0 Å². The number of nitrogen functional groups attached to an aromatic ring is 1. The van der Waals surface area contributed by atoms with E-state index in [-0.39, 0.29) is 5.69 Å². The second-order valence-corrected chi connectivity index (χ2v) is 3.65. The summed E-state index contributed by atoms with van der Waals surface area (Å²) in [6, 6.07) is 10.4. The van der Waals surface area contributed by atoms with E-state index in [0.717, 1.165) is 12.1 Å². The van der Waals surface area contributed by atoms with Crippen molar-refractivity contribution in [2.24, 2.45) is 0 Å². The van der Waals surface area contributed by atoms with Crippen molar-refractivity contribution in [1.29, 1.82) is 0 Å². The molecule has 0 aromatic heterocycles. The van der Waals surface area contributed by atoms with Crippen LogP contribution in [-0.2, 0) is 0 Å². The van der Waals surface area contributed by atoms with Crippen molar-refractivity contribution in [1.82, 2.24) is 0 Å². The van der Waals surface area contributed by atoms with Crippen LogP contribution in [0.5, 0.6) is 0 Å². The number of rotatable bonds is 2. The lowest BCUT2D eigenvalue weighted by molar-refractivity contribution is 0.101. The molecule has 0 spiro atoms. The van der Waals surface area contributed by atoms with Gasteiger partial charge in [0.1, 0.15) is 11.4 Å². The zero-order chi connectivity index (χ0) is 13.1. The Kier molecular flexibility index (Phi) is 3.23. The number of amides is 1. The zero-order valence-electron chi connectivity index (χ0n) is 9.28. The van der Waals surface area contributed by atoms with E-state index in [0.29, 0.717) is 5.69 Å². The molecular formula is C13H10F2N2O. The van der Waals surface area contributed by atoms with Crippen molar-refractivity contribution < 1.29 is 13.6 Å². The van der Waals surface area contributed by atoms with Crippen LogP contribution < -0.4 is 11.1 Å². The standard InChI is InChI=1S/C13H10F2N2O/c14-9-6-7-10(16)12(15)11(9)13(18)17-8-4-2-1-3-5-8/h1-7H,16H2,(H,17,18). The molecule has 2 aromatic rings. The highest BCUT2D eigenvalue weighted by Crippen LogP contribution is 2.20. The summed E-state index contributed by atoms with van der Waals surface area (Å²) in [6.07, 6.45) is 0. The highest BCUT2D eigenvalue weighted by Gasteiger charge is 2.19. The fourth-order valence-corrected chi connectivity index (χ4v) is 1.49. The van der Waals surface area contributed by atoms with Gasteiger partial charge in [-0.05, 0) is 24.3 Å². The summed E-state index contributed by atoms with van der Waals surface area (Å²) in [5.74, 6) is -2.87. The molecule has 0 aliphatic rings. The van der Waals surface area contributed by atoms with Crippen LogP contribution in [0.4, 0.5) is 20.2 Å². The molecule has 0 radical (unpaired) electrons. The van der Waals surface area contributed by atoms with Gasteiger partial charge in [0.15, 0.2) is 5.82 Å². The molecule has 0 fully saturated rings. The first-order chi connectivity index (χ1) is 8.59. The van der Waals surface area contributed by atoms with Crippen molar-refractivity contribution >= 4 is 17.3 Å². The molecule has 0 heterocycles. The lowest BCUT2D eigenvalue weighted by atomic mass is 10.1. The molecule has 2 aromatic carbocycles.